The number of ether oxygens (including phenoxy) is 2. The summed E-state index contributed by atoms with van der Waals surface area (Å²) in [6.45, 7) is 5.98. The minimum atomic E-state index is -0.429. The van der Waals surface area contributed by atoms with E-state index in [1.54, 1.807) is 0 Å². The van der Waals surface area contributed by atoms with Gasteiger partial charge in [-0.05, 0) is 5.92 Å². The second-order valence-electron chi connectivity index (χ2n) is 3.46. The van der Waals surface area contributed by atoms with Crippen LogP contribution < -0.4 is 0 Å². The average Bonchev–Trinajstić information content (AvgIpc) is 2.60. The Balaban J connectivity index is 2.27. The van der Waals surface area contributed by atoms with Crippen LogP contribution in [0.2, 0.25) is 0 Å². The van der Waals surface area contributed by atoms with Crippen molar-refractivity contribution in [1.29, 1.82) is 0 Å². The maximum atomic E-state index is 10.8. The number of hydrogen-bond acceptors (Lipinski definition) is 4. The number of hydrogen-bond donors (Lipinski definition) is 0. The highest BCUT2D eigenvalue weighted by Gasteiger charge is 2.28. The fourth-order valence-electron chi connectivity index (χ4n) is 1.31. The molecule has 1 saturated heterocycles. The average molecular weight is 198 g/mol. The second-order valence-corrected chi connectivity index (χ2v) is 3.46. The Labute approximate surface area is 82.9 Å². The summed E-state index contributed by atoms with van der Waals surface area (Å²) in [4.78, 5) is 21.6. The van der Waals surface area contributed by atoms with Crippen LogP contribution in [0.1, 0.15) is 13.3 Å². The van der Waals surface area contributed by atoms with Crippen molar-refractivity contribution < 1.29 is 19.1 Å². The predicted octanol–water partition coefficient (Wildman–Crippen LogP) is 0.915. The Bertz CT molecular complexity index is 247. The molecule has 0 bridgehead atoms. The maximum Gasteiger partial charge on any atom is 0.330 e. The van der Waals surface area contributed by atoms with Gasteiger partial charge in [-0.3, -0.25) is 4.79 Å². The highest BCUT2D eigenvalue weighted by atomic mass is 16.5. The van der Waals surface area contributed by atoms with Crippen LogP contribution in [0.5, 0.6) is 0 Å². The predicted molar refractivity (Wildman–Crippen MR) is 49.4 cm³/mol. The van der Waals surface area contributed by atoms with Crippen LogP contribution in [0.15, 0.2) is 12.7 Å². The summed E-state index contributed by atoms with van der Waals surface area (Å²) < 4.78 is 9.70. The summed E-state index contributed by atoms with van der Waals surface area (Å²) in [6, 6.07) is 0. The van der Waals surface area contributed by atoms with Gasteiger partial charge in [-0.1, -0.05) is 13.5 Å². The van der Waals surface area contributed by atoms with Crippen molar-refractivity contribution in [3.63, 3.8) is 0 Å². The molecule has 0 aromatic carbocycles. The second kappa shape index (κ2) is 4.79. The van der Waals surface area contributed by atoms with Crippen LogP contribution in [0.4, 0.5) is 0 Å². The Morgan fingerprint density at radius 2 is 2.57 bits per heavy atom. The lowest BCUT2D eigenvalue weighted by Crippen LogP contribution is -2.19. The molecule has 2 atom stereocenters. The van der Waals surface area contributed by atoms with Crippen LogP contribution in [-0.2, 0) is 19.1 Å². The van der Waals surface area contributed by atoms with Crippen LogP contribution >= 0.6 is 0 Å². The molecule has 78 valence electrons. The molecule has 0 amide bonds. The van der Waals surface area contributed by atoms with E-state index in [0.29, 0.717) is 19.6 Å². The van der Waals surface area contributed by atoms with Crippen molar-refractivity contribution in [3.05, 3.63) is 12.7 Å². The highest BCUT2D eigenvalue weighted by molar-refractivity contribution is 5.81. The van der Waals surface area contributed by atoms with Crippen molar-refractivity contribution >= 4 is 11.9 Å². The zero-order valence-electron chi connectivity index (χ0n) is 8.19. The van der Waals surface area contributed by atoms with Gasteiger partial charge in [-0.15, -0.1) is 0 Å². The van der Waals surface area contributed by atoms with Crippen molar-refractivity contribution in [1.82, 2.24) is 0 Å². The molecule has 1 fully saturated rings. The van der Waals surface area contributed by atoms with Gasteiger partial charge in [0.2, 0.25) is 0 Å². The van der Waals surface area contributed by atoms with Gasteiger partial charge < -0.3 is 9.47 Å². The molecule has 1 rings (SSSR count). The molecule has 0 aliphatic carbocycles. The van der Waals surface area contributed by atoms with Crippen LogP contribution in [-0.4, -0.2) is 25.2 Å². The van der Waals surface area contributed by atoms with E-state index in [1.165, 1.54) is 0 Å². The molecular formula is C10H14O4. The lowest BCUT2D eigenvalue weighted by molar-refractivity contribution is -0.139. The largest absolute Gasteiger partial charge is 0.465 e. The zero-order chi connectivity index (χ0) is 10.6. The van der Waals surface area contributed by atoms with Crippen LogP contribution in [0, 0.1) is 11.8 Å². The van der Waals surface area contributed by atoms with E-state index in [2.05, 4.69) is 6.58 Å². The van der Waals surface area contributed by atoms with Gasteiger partial charge in [0, 0.05) is 12.0 Å². The molecule has 4 nitrogen and oxygen atoms in total. The first kappa shape index (κ1) is 10.8. The van der Waals surface area contributed by atoms with Crippen LogP contribution in [0.25, 0.3) is 0 Å². The molecule has 1 aliphatic heterocycles. The first-order valence-corrected chi connectivity index (χ1v) is 4.58. The van der Waals surface area contributed by atoms with Crippen molar-refractivity contribution in [3.8, 4) is 0 Å². The van der Waals surface area contributed by atoms with Crippen molar-refractivity contribution in [2.24, 2.45) is 11.8 Å². The molecule has 0 aromatic heterocycles. The minimum Gasteiger partial charge on any atom is -0.465 e. The quantitative estimate of drug-likeness (QED) is 0.497. The Hall–Kier alpha value is -1.32. The third kappa shape index (κ3) is 2.87. The van der Waals surface area contributed by atoms with E-state index in [1.807, 2.05) is 6.92 Å². The van der Waals surface area contributed by atoms with Gasteiger partial charge in [0.15, 0.2) is 0 Å². The summed E-state index contributed by atoms with van der Waals surface area (Å²) in [5.74, 6) is -0.288. The first-order chi connectivity index (χ1) is 6.63. The van der Waals surface area contributed by atoms with E-state index >= 15 is 0 Å². The summed E-state index contributed by atoms with van der Waals surface area (Å²) >= 11 is 0. The highest BCUT2D eigenvalue weighted by Crippen LogP contribution is 2.22. The van der Waals surface area contributed by atoms with E-state index in [0.717, 1.165) is 6.08 Å². The molecule has 0 N–H and O–H groups in total. The van der Waals surface area contributed by atoms with Gasteiger partial charge in [-0.2, -0.15) is 0 Å². The smallest absolute Gasteiger partial charge is 0.330 e. The van der Waals surface area contributed by atoms with Crippen molar-refractivity contribution in [2.75, 3.05) is 13.2 Å². The topological polar surface area (TPSA) is 52.6 Å². The molecule has 2 unspecified atom stereocenters. The minimum absolute atomic E-state index is 0.144. The third-order valence-corrected chi connectivity index (χ3v) is 2.35. The summed E-state index contributed by atoms with van der Waals surface area (Å²) in [5, 5.41) is 0. The monoisotopic (exact) mass is 198 g/mol. The number of carbonyl (C=O) groups excluding carboxylic acids is 2. The molecule has 0 saturated carbocycles. The van der Waals surface area contributed by atoms with Gasteiger partial charge in [0.1, 0.15) is 0 Å². The van der Waals surface area contributed by atoms with Gasteiger partial charge in [0.05, 0.1) is 19.6 Å². The molecule has 0 aromatic rings. The summed E-state index contributed by atoms with van der Waals surface area (Å²) in [5.41, 5.74) is 0. The molecular weight excluding hydrogens is 184 g/mol. The maximum absolute atomic E-state index is 10.8. The fourth-order valence-corrected chi connectivity index (χ4v) is 1.31. The Morgan fingerprint density at radius 3 is 3.07 bits per heavy atom. The molecule has 1 heterocycles. The lowest BCUT2D eigenvalue weighted by Gasteiger charge is -2.15. The zero-order valence-corrected chi connectivity index (χ0v) is 8.19. The lowest BCUT2D eigenvalue weighted by atomic mass is 9.94. The molecule has 0 radical (unpaired) electrons. The van der Waals surface area contributed by atoms with E-state index in [4.69, 9.17) is 9.47 Å². The summed E-state index contributed by atoms with van der Waals surface area (Å²) in [7, 11) is 0. The molecule has 0 spiro atoms. The normalized spacial score (nSPS) is 22.6. The van der Waals surface area contributed by atoms with E-state index < -0.39 is 5.97 Å². The first-order valence-electron chi connectivity index (χ1n) is 4.58. The van der Waals surface area contributed by atoms with Crippen LogP contribution in [0.3, 0.4) is 0 Å². The van der Waals surface area contributed by atoms with Crippen molar-refractivity contribution in [2.45, 2.75) is 13.3 Å². The SMILES string of the molecule is C=CC(=O)OCC(C)C1COC(=O)C1. The number of cyclic esters (lactones) is 1. The van der Waals surface area contributed by atoms with Gasteiger partial charge in [-0.25, -0.2) is 4.79 Å². The number of esters is 2. The molecule has 1 aliphatic rings. The fraction of sp³-hybridized carbons (Fsp3) is 0.600. The molecule has 14 heavy (non-hydrogen) atoms. The van der Waals surface area contributed by atoms with E-state index in [9.17, 15) is 9.59 Å². The summed E-state index contributed by atoms with van der Waals surface area (Å²) in [6.07, 6.45) is 1.55. The van der Waals surface area contributed by atoms with Gasteiger partial charge >= 0.3 is 11.9 Å². The van der Waals surface area contributed by atoms with Gasteiger partial charge in [0.25, 0.3) is 0 Å². The standard InChI is InChI=1S/C10H14O4/c1-3-9(11)13-5-7(2)8-4-10(12)14-6-8/h3,7-8H,1,4-6H2,2H3. The third-order valence-electron chi connectivity index (χ3n) is 2.35. The number of carbonyl (C=O) groups is 2. The van der Waals surface area contributed by atoms with E-state index in [-0.39, 0.29) is 17.8 Å². The Morgan fingerprint density at radius 1 is 1.86 bits per heavy atom. The number of rotatable bonds is 4. The molecule has 4 heteroatoms. The Kier molecular flexibility index (Phi) is 3.68.